The normalized spacial score (nSPS) is 13.3. The molecule has 4 N–H and O–H groups in total. The Hall–Kier alpha value is -1.46. The van der Waals surface area contributed by atoms with Gasteiger partial charge in [-0.3, -0.25) is 9.98 Å². The number of hydrogen-bond acceptors (Lipinski definition) is 2. The zero-order chi connectivity index (χ0) is 20.1. The van der Waals surface area contributed by atoms with Gasteiger partial charge in [-0.15, -0.1) is 0 Å². The van der Waals surface area contributed by atoms with Crippen LogP contribution < -0.4 is 21.3 Å². The summed E-state index contributed by atoms with van der Waals surface area (Å²) in [4.78, 5) is 9.34. The summed E-state index contributed by atoms with van der Waals surface area (Å²) in [5.41, 5.74) is 0. The van der Waals surface area contributed by atoms with Crippen molar-refractivity contribution < 1.29 is 0 Å². The third-order valence-electron chi connectivity index (χ3n) is 3.39. The van der Waals surface area contributed by atoms with Gasteiger partial charge in [-0.25, -0.2) is 0 Å². The molecule has 6 nitrogen and oxygen atoms in total. The Balaban J connectivity index is 4.30. The van der Waals surface area contributed by atoms with E-state index in [1.807, 2.05) is 0 Å². The van der Waals surface area contributed by atoms with Crippen molar-refractivity contribution >= 4 is 11.9 Å². The summed E-state index contributed by atoms with van der Waals surface area (Å²) in [7, 11) is 0. The molecule has 6 heteroatoms. The Kier molecular flexibility index (Phi) is 12.9. The van der Waals surface area contributed by atoms with Crippen molar-refractivity contribution in [2.45, 2.75) is 99.3 Å². The van der Waals surface area contributed by atoms with Gasteiger partial charge in [0.05, 0.1) is 0 Å². The lowest BCUT2D eigenvalue weighted by Crippen LogP contribution is -2.44. The van der Waals surface area contributed by atoms with Crippen molar-refractivity contribution in [1.82, 2.24) is 21.3 Å². The molecule has 0 amide bonds. The van der Waals surface area contributed by atoms with E-state index in [-0.39, 0.29) is 6.04 Å². The van der Waals surface area contributed by atoms with Gasteiger partial charge in [0.1, 0.15) is 0 Å². The van der Waals surface area contributed by atoms with Crippen molar-refractivity contribution in [2.24, 2.45) is 15.9 Å². The molecule has 0 saturated carbocycles. The topological polar surface area (TPSA) is 72.8 Å². The molecule has 0 aromatic rings. The van der Waals surface area contributed by atoms with Gasteiger partial charge < -0.3 is 21.3 Å². The summed E-state index contributed by atoms with van der Waals surface area (Å²) < 4.78 is 0. The van der Waals surface area contributed by atoms with Crippen LogP contribution in [0.4, 0.5) is 0 Å². The van der Waals surface area contributed by atoms with Crippen LogP contribution in [0.3, 0.4) is 0 Å². The van der Waals surface area contributed by atoms with Crippen molar-refractivity contribution in [2.75, 3.05) is 13.1 Å². The molecule has 0 aliphatic carbocycles. The molecule has 26 heavy (non-hydrogen) atoms. The highest BCUT2D eigenvalue weighted by atomic mass is 15.2. The van der Waals surface area contributed by atoms with E-state index < -0.39 is 0 Å². The molecule has 0 aromatic carbocycles. The van der Waals surface area contributed by atoms with Crippen LogP contribution >= 0.6 is 0 Å². The zero-order valence-corrected chi connectivity index (χ0v) is 18.6. The molecule has 0 saturated heterocycles. The summed E-state index contributed by atoms with van der Waals surface area (Å²) in [6.07, 6.45) is 2.25. The van der Waals surface area contributed by atoms with Gasteiger partial charge in [-0.2, -0.15) is 0 Å². The number of nitrogens with one attached hydrogen (secondary N) is 4. The molecule has 0 bridgehead atoms. The lowest BCUT2D eigenvalue weighted by molar-refractivity contribution is 0.512. The number of guanidine groups is 2. The van der Waals surface area contributed by atoms with Crippen molar-refractivity contribution in [3.05, 3.63) is 0 Å². The third-order valence-corrected chi connectivity index (χ3v) is 3.39. The minimum absolute atomic E-state index is 0.289. The molecule has 0 aliphatic rings. The Bertz CT molecular complexity index is 401. The number of hydrogen-bond donors (Lipinski definition) is 4. The Morgan fingerprint density at radius 3 is 1.69 bits per heavy atom. The van der Waals surface area contributed by atoms with Crippen molar-refractivity contribution in [1.29, 1.82) is 0 Å². The smallest absolute Gasteiger partial charge is 0.191 e. The van der Waals surface area contributed by atoms with Crippen LogP contribution in [0.2, 0.25) is 0 Å². The molecule has 1 unspecified atom stereocenters. The molecule has 0 fully saturated rings. The maximum absolute atomic E-state index is 4.73. The van der Waals surface area contributed by atoms with Gasteiger partial charge in [0, 0.05) is 37.3 Å². The fourth-order valence-electron chi connectivity index (χ4n) is 2.34. The highest BCUT2D eigenvalue weighted by Crippen LogP contribution is 2.05. The van der Waals surface area contributed by atoms with Crippen LogP contribution in [-0.4, -0.2) is 49.2 Å². The molecule has 0 radical (unpaired) electrons. The van der Waals surface area contributed by atoms with E-state index >= 15 is 0 Å². The van der Waals surface area contributed by atoms with E-state index in [2.05, 4.69) is 88.6 Å². The monoisotopic (exact) mass is 368 g/mol. The number of rotatable bonds is 10. The second-order valence-corrected chi connectivity index (χ2v) is 8.33. The molecule has 0 aliphatic heterocycles. The minimum atomic E-state index is 0.289. The molecule has 0 aromatic heterocycles. The first kappa shape index (κ1) is 24.5. The predicted molar refractivity (Wildman–Crippen MR) is 116 cm³/mol. The van der Waals surface area contributed by atoms with E-state index in [9.17, 15) is 0 Å². The third kappa shape index (κ3) is 14.8. The zero-order valence-electron chi connectivity index (χ0n) is 18.6. The van der Waals surface area contributed by atoms with E-state index in [4.69, 9.17) is 4.99 Å². The van der Waals surface area contributed by atoms with Crippen LogP contribution in [0.25, 0.3) is 0 Å². The Morgan fingerprint density at radius 2 is 1.23 bits per heavy atom. The molecule has 0 rings (SSSR count). The van der Waals surface area contributed by atoms with Crippen LogP contribution in [0.5, 0.6) is 0 Å². The van der Waals surface area contributed by atoms with Gasteiger partial charge >= 0.3 is 0 Å². The SMILES string of the molecule is CC(CCCNC(=NC(C)C)NC(C)C)CN=C(NC(C)C)NC(C)C. The van der Waals surface area contributed by atoms with Crippen LogP contribution in [-0.2, 0) is 0 Å². The molecular weight excluding hydrogens is 324 g/mol. The van der Waals surface area contributed by atoms with E-state index in [1.54, 1.807) is 0 Å². The first-order valence-electron chi connectivity index (χ1n) is 10.3. The fourth-order valence-corrected chi connectivity index (χ4v) is 2.34. The van der Waals surface area contributed by atoms with Gasteiger partial charge in [-0.1, -0.05) is 6.92 Å². The largest absolute Gasteiger partial charge is 0.356 e. The highest BCUT2D eigenvalue weighted by Gasteiger charge is 2.07. The minimum Gasteiger partial charge on any atom is -0.356 e. The summed E-state index contributed by atoms with van der Waals surface area (Å²) in [6, 6.07) is 1.43. The van der Waals surface area contributed by atoms with Gasteiger partial charge in [-0.05, 0) is 74.1 Å². The summed E-state index contributed by atoms with van der Waals surface area (Å²) >= 11 is 0. The maximum Gasteiger partial charge on any atom is 0.191 e. The van der Waals surface area contributed by atoms with Crippen LogP contribution in [0.1, 0.15) is 75.2 Å². The lowest BCUT2D eigenvalue weighted by Gasteiger charge is -2.19. The van der Waals surface area contributed by atoms with Gasteiger partial charge in [0.15, 0.2) is 11.9 Å². The molecule has 1 atom stereocenters. The first-order chi connectivity index (χ1) is 12.1. The second kappa shape index (κ2) is 13.7. The Labute approximate surface area is 162 Å². The van der Waals surface area contributed by atoms with Crippen LogP contribution in [0.15, 0.2) is 9.98 Å². The quantitative estimate of drug-likeness (QED) is 0.272. The average molecular weight is 369 g/mol. The highest BCUT2D eigenvalue weighted by molar-refractivity contribution is 5.80. The van der Waals surface area contributed by atoms with E-state index in [0.29, 0.717) is 24.0 Å². The number of aliphatic imine (C=N–C) groups is 2. The predicted octanol–water partition coefficient (Wildman–Crippen LogP) is 3.11. The summed E-state index contributed by atoms with van der Waals surface area (Å²) in [5.74, 6) is 2.37. The average Bonchev–Trinajstić information content (AvgIpc) is 2.46. The standard InChI is InChI=1S/C20H44N6/c1-14(2)23-19(24-15(3)4)21-12-10-11-18(9)13-22-20(25-16(5)6)26-17(7)8/h14-18H,10-13H2,1-9H3,(H2,21,23,24)(H2,22,25,26). The first-order valence-corrected chi connectivity index (χ1v) is 10.3. The summed E-state index contributed by atoms with van der Waals surface area (Å²) in [5, 5.41) is 13.6. The lowest BCUT2D eigenvalue weighted by atomic mass is 10.1. The molecule has 154 valence electrons. The molecule has 0 heterocycles. The van der Waals surface area contributed by atoms with E-state index in [1.165, 1.54) is 0 Å². The maximum atomic E-state index is 4.73. The Morgan fingerprint density at radius 1 is 0.731 bits per heavy atom. The molecule has 0 spiro atoms. The van der Waals surface area contributed by atoms with Gasteiger partial charge in [0.25, 0.3) is 0 Å². The summed E-state index contributed by atoms with van der Waals surface area (Å²) in [6.45, 7) is 21.0. The van der Waals surface area contributed by atoms with Crippen molar-refractivity contribution in [3.63, 3.8) is 0 Å². The van der Waals surface area contributed by atoms with Gasteiger partial charge in [0.2, 0.25) is 0 Å². The fraction of sp³-hybridized carbons (Fsp3) is 0.900. The van der Waals surface area contributed by atoms with Crippen molar-refractivity contribution in [3.8, 4) is 0 Å². The van der Waals surface area contributed by atoms with E-state index in [0.717, 1.165) is 37.9 Å². The number of nitrogens with zero attached hydrogens (tertiary/aromatic N) is 2. The molecular formula is C20H44N6. The van der Waals surface area contributed by atoms with Crippen LogP contribution in [0, 0.1) is 5.92 Å². The second-order valence-electron chi connectivity index (χ2n) is 8.33.